The molecule has 154 valence electrons. The summed E-state index contributed by atoms with van der Waals surface area (Å²) in [5.41, 5.74) is 0.328. The predicted molar refractivity (Wildman–Crippen MR) is 106 cm³/mol. The molecule has 1 atom stereocenters. The van der Waals surface area contributed by atoms with E-state index in [-0.39, 0.29) is 29.4 Å². The van der Waals surface area contributed by atoms with E-state index in [1.165, 1.54) is 11.0 Å². The van der Waals surface area contributed by atoms with Gasteiger partial charge in [-0.3, -0.25) is 9.59 Å². The van der Waals surface area contributed by atoms with E-state index in [2.05, 4.69) is 0 Å². The van der Waals surface area contributed by atoms with Crippen molar-refractivity contribution < 1.29 is 23.1 Å². The van der Waals surface area contributed by atoms with Gasteiger partial charge in [0.25, 0.3) is 5.91 Å². The van der Waals surface area contributed by atoms with Crippen molar-refractivity contribution in [2.24, 2.45) is 5.92 Å². The van der Waals surface area contributed by atoms with Crippen molar-refractivity contribution in [3.8, 4) is 5.75 Å². The summed E-state index contributed by atoms with van der Waals surface area (Å²) in [6.45, 7) is 6.60. The fourth-order valence-electron chi connectivity index (χ4n) is 3.46. The van der Waals surface area contributed by atoms with Crippen LogP contribution in [0.15, 0.2) is 42.5 Å². The quantitative estimate of drug-likeness (QED) is 0.686. The van der Waals surface area contributed by atoms with Gasteiger partial charge in [0.1, 0.15) is 11.4 Å². The van der Waals surface area contributed by atoms with E-state index in [1.807, 2.05) is 20.8 Å². The number of hydrogen-bond acceptors (Lipinski definition) is 3. The first-order valence-corrected chi connectivity index (χ1v) is 9.72. The number of benzene rings is 2. The van der Waals surface area contributed by atoms with Gasteiger partial charge >= 0.3 is 0 Å². The summed E-state index contributed by atoms with van der Waals surface area (Å²) in [7, 11) is 0. The van der Waals surface area contributed by atoms with Crippen molar-refractivity contribution in [1.82, 2.24) is 4.90 Å². The van der Waals surface area contributed by atoms with Crippen molar-refractivity contribution in [2.75, 3.05) is 13.1 Å². The molecule has 0 bridgehead atoms. The fraction of sp³-hybridized carbons (Fsp3) is 0.391. The highest BCUT2D eigenvalue weighted by Gasteiger charge is 2.30. The number of carbonyl (C=O) groups is 2. The molecule has 0 spiro atoms. The third-order valence-electron chi connectivity index (χ3n) is 4.81. The first-order valence-electron chi connectivity index (χ1n) is 9.72. The van der Waals surface area contributed by atoms with Crippen molar-refractivity contribution in [2.45, 2.75) is 39.2 Å². The molecule has 29 heavy (non-hydrogen) atoms. The molecule has 4 nitrogen and oxygen atoms in total. The zero-order valence-corrected chi connectivity index (χ0v) is 16.9. The summed E-state index contributed by atoms with van der Waals surface area (Å²) in [6.07, 6.45) is 1.36. The highest BCUT2D eigenvalue weighted by atomic mass is 19.2. The van der Waals surface area contributed by atoms with Gasteiger partial charge in [0.2, 0.25) is 0 Å². The summed E-state index contributed by atoms with van der Waals surface area (Å²) in [6, 6.07) is 10.1. The lowest BCUT2D eigenvalue weighted by atomic mass is 9.89. The molecule has 1 aliphatic rings. The molecule has 0 aliphatic carbocycles. The largest absolute Gasteiger partial charge is 0.488 e. The van der Waals surface area contributed by atoms with Crippen LogP contribution >= 0.6 is 0 Å². The summed E-state index contributed by atoms with van der Waals surface area (Å²) in [5, 5.41) is 0. The Kier molecular flexibility index (Phi) is 6.01. The Hall–Kier alpha value is -2.76. The summed E-state index contributed by atoms with van der Waals surface area (Å²) in [5.74, 6) is -2.11. The minimum Gasteiger partial charge on any atom is -0.488 e. The lowest BCUT2D eigenvalue weighted by Crippen LogP contribution is -2.42. The Balaban J connectivity index is 1.69. The van der Waals surface area contributed by atoms with Crippen LogP contribution < -0.4 is 4.74 Å². The van der Waals surface area contributed by atoms with Crippen LogP contribution in [0.1, 0.15) is 54.3 Å². The lowest BCUT2D eigenvalue weighted by molar-refractivity contribution is 0.0636. The van der Waals surface area contributed by atoms with Gasteiger partial charge in [0.15, 0.2) is 17.4 Å². The molecule has 2 aromatic rings. The molecular formula is C23H25F2NO3. The van der Waals surface area contributed by atoms with Crippen LogP contribution in [0.3, 0.4) is 0 Å². The zero-order valence-electron chi connectivity index (χ0n) is 16.9. The number of ether oxygens (including phenoxy) is 1. The van der Waals surface area contributed by atoms with E-state index < -0.39 is 17.5 Å². The average Bonchev–Trinajstić information content (AvgIpc) is 2.68. The maximum Gasteiger partial charge on any atom is 0.253 e. The minimum atomic E-state index is -1.06. The highest BCUT2D eigenvalue weighted by molar-refractivity contribution is 5.99. The number of ketones is 1. The minimum absolute atomic E-state index is 0.0323. The molecule has 0 radical (unpaired) electrons. The Morgan fingerprint density at radius 1 is 1.00 bits per heavy atom. The maximum absolute atomic E-state index is 13.5. The van der Waals surface area contributed by atoms with Crippen molar-refractivity contribution in [3.63, 3.8) is 0 Å². The Morgan fingerprint density at radius 2 is 1.66 bits per heavy atom. The number of hydrogen-bond donors (Lipinski definition) is 0. The van der Waals surface area contributed by atoms with Crippen LogP contribution in [0, 0.1) is 17.6 Å². The molecule has 1 unspecified atom stereocenters. The Bertz CT molecular complexity index is 903. The number of likely N-dealkylation sites (tertiary alicyclic amines) is 1. The average molecular weight is 401 g/mol. The molecule has 0 aromatic heterocycles. The van der Waals surface area contributed by atoms with Gasteiger partial charge in [-0.15, -0.1) is 0 Å². The molecule has 0 N–H and O–H groups in total. The van der Waals surface area contributed by atoms with Crippen LogP contribution in [0.25, 0.3) is 0 Å². The first-order chi connectivity index (χ1) is 13.6. The van der Waals surface area contributed by atoms with E-state index in [0.29, 0.717) is 30.7 Å². The first kappa shape index (κ1) is 21.0. The topological polar surface area (TPSA) is 46.6 Å². The number of rotatable bonds is 4. The highest BCUT2D eigenvalue weighted by Crippen LogP contribution is 2.25. The summed E-state index contributed by atoms with van der Waals surface area (Å²) < 4.78 is 32.4. The SMILES string of the molecule is CC(C)(C)Oc1ccc(C(=O)C2CCCN(C(=O)c3ccc(F)c(F)c3)C2)cc1. The Labute approximate surface area is 169 Å². The number of halogens is 2. The predicted octanol–water partition coefficient (Wildman–Crippen LogP) is 4.88. The van der Waals surface area contributed by atoms with Crippen LogP contribution in [0.4, 0.5) is 8.78 Å². The monoisotopic (exact) mass is 401 g/mol. The third-order valence-corrected chi connectivity index (χ3v) is 4.81. The van der Waals surface area contributed by atoms with Crippen LogP contribution in [0.5, 0.6) is 5.75 Å². The van der Waals surface area contributed by atoms with Gasteiger partial charge < -0.3 is 9.64 Å². The summed E-state index contributed by atoms with van der Waals surface area (Å²) >= 11 is 0. The normalized spacial score (nSPS) is 17.1. The molecule has 1 amide bonds. The van der Waals surface area contributed by atoms with Crippen LogP contribution in [-0.4, -0.2) is 35.3 Å². The molecule has 0 saturated carbocycles. The van der Waals surface area contributed by atoms with E-state index in [1.54, 1.807) is 24.3 Å². The molecule has 2 aromatic carbocycles. The van der Waals surface area contributed by atoms with Crippen molar-refractivity contribution in [3.05, 3.63) is 65.2 Å². The standard InChI is InChI=1S/C23H25F2NO3/c1-23(2,3)29-18-9-6-15(7-10-18)21(27)17-5-4-12-26(14-17)22(28)16-8-11-19(24)20(25)13-16/h6-11,13,17H,4-5,12,14H2,1-3H3. The second-order valence-corrected chi connectivity index (χ2v) is 8.32. The van der Waals surface area contributed by atoms with Gasteiger partial charge in [-0.25, -0.2) is 8.78 Å². The van der Waals surface area contributed by atoms with E-state index in [0.717, 1.165) is 12.1 Å². The molecule has 1 saturated heterocycles. The zero-order chi connectivity index (χ0) is 21.2. The van der Waals surface area contributed by atoms with Gasteiger partial charge in [-0.1, -0.05) is 0 Å². The van der Waals surface area contributed by atoms with E-state index in [4.69, 9.17) is 4.74 Å². The molecular weight excluding hydrogens is 376 g/mol. The van der Waals surface area contributed by atoms with Gasteiger partial charge in [0, 0.05) is 30.1 Å². The molecule has 1 heterocycles. The third kappa shape index (κ3) is 5.19. The summed E-state index contributed by atoms with van der Waals surface area (Å²) in [4.78, 5) is 27.1. The second-order valence-electron chi connectivity index (χ2n) is 8.32. The van der Waals surface area contributed by atoms with E-state index in [9.17, 15) is 18.4 Å². The van der Waals surface area contributed by atoms with Crippen LogP contribution in [-0.2, 0) is 0 Å². The smallest absolute Gasteiger partial charge is 0.253 e. The Morgan fingerprint density at radius 3 is 2.28 bits per heavy atom. The number of nitrogens with zero attached hydrogens (tertiary/aromatic N) is 1. The van der Waals surface area contributed by atoms with Crippen molar-refractivity contribution >= 4 is 11.7 Å². The molecule has 6 heteroatoms. The fourth-order valence-corrected chi connectivity index (χ4v) is 3.46. The number of amides is 1. The van der Waals surface area contributed by atoms with Crippen molar-refractivity contribution in [1.29, 1.82) is 0 Å². The van der Waals surface area contributed by atoms with Crippen LogP contribution in [0.2, 0.25) is 0 Å². The van der Waals surface area contributed by atoms with Gasteiger partial charge in [-0.2, -0.15) is 0 Å². The van der Waals surface area contributed by atoms with Gasteiger partial charge in [-0.05, 0) is 76.1 Å². The van der Waals surface area contributed by atoms with Gasteiger partial charge in [0.05, 0.1) is 0 Å². The number of carbonyl (C=O) groups excluding carboxylic acids is 2. The molecule has 1 fully saturated rings. The number of piperidine rings is 1. The second kappa shape index (κ2) is 8.31. The molecule has 1 aliphatic heterocycles. The molecule has 3 rings (SSSR count). The lowest BCUT2D eigenvalue weighted by Gasteiger charge is -2.32. The van der Waals surface area contributed by atoms with E-state index >= 15 is 0 Å². The number of Topliss-reactive ketones (excluding diaryl/α,β-unsaturated/α-hetero) is 1. The maximum atomic E-state index is 13.5.